The van der Waals surface area contributed by atoms with E-state index < -0.39 is 17.8 Å². The Kier molecular flexibility index (Phi) is 7.59. The first-order valence-electron chi connectivity index (χ1n) is 12.4. The molecule has 2 aliphatic rings. The van der Waals surface area contributed by atoms with Crippen LogP contribution >= 0.6 is 0 Å². The average Bonchev–Trinajstić information content (AvgIpc) is 2.84. The Morgan fingerprint density at radius 2 is 1.57 bits per heavy atom. The molecule has 2 amide bonds. The number of carbonyl (C=O) groups is 1. The highest BCUT2D eigenvalue weighted by atomic mass is 19.4. The number of hydrogen-bond donors (Lipinski definition) is 1. The Balaban J connectivity index is 1.48. The third-order valence-corrected chi connectivity index (χ3v) is 7.30. The van der Waals surface area contributed by atoms with Crippen LogP contribution in [0, 0.1) is 6.92 Å². The van der Waals surface area contributed by atoms with Crippen molar-refractivity contribution in [3.63, 3.8) is 0 Å². The minimum atomic E-state index is -4.56. The highest BCUT2D eigenvalue weighted by Gasteiger charge is 2.37. The maximum Gasteiger partial charge on any atom is 0.418 e. The van der Waals surface area contributed by atoms with Crippen LogP contribution in [0.2, 0.25) is 0 Å². The summed E-state index contributed by atoms with van der Waals surface area (Å²) in [4.78, 5) is 19.0. The Hall–Kier alpha value is -2.74. The summed E-state index contributed by atoms with van der Waals surface area (Å²) in [6.07, 6.45) is -2.97. The summed E-state index contributed by atoms with van der Waals surface area (Å²) >= 11 is 0. The van der Waals surface area contributed by atoms with E-state index in [0.717, 1.165) is 32.0 Å². The maximum absolute atomic E-state index is 13.9. The quantitative estimate of drug-likeness (QED) is 0.578. The minimum Gasteiger partial charge on any atom is -0.367 e. The minimum absolute atomic E-state index is 0.136. The van der Waals surface area contributed by atoms with E-state index in [-0.39, 0.29) is 5.69 Å². The Bertz CT molecular complexity index is 1010. The van der Waals surface area contributed by atoms with Crippen LogP contribution in [-0.2, 0) is 6.18 Å². The van der Waals surface area contributed by atoms with E-state index >= 15 is 0 Å². The lowest BCUT2D eigenvalue weighted by atomic mass is 9.89. The molecule has 2 saturated heterocycles. The standard InChI is InChI=1S/C27H35F3N4O/c1-19(2)32-15-17-33(18-16-32)24-6-4-5-23(27(28,29)30)25(24)31-26(35)34-13-11-22(12-14-34)21-9-7-20(3)8-10-21/h4-10,19,22H,11-18H2,1-3H3,(H,31,35). The fourth-order valence-electron chi connectivity index (χ4n) is 5.09. The van der Waals surface area contributed by atoms with Crippen LogP contribution < -0.4 is 10.2 Å². The highest BCUT2D eigenvalue weighted by Crippen LogP contribution is 2.41. The number of piperazine rings is 1. The lowest BCUT2D eigenvalue weighted by molar-refractivity contribution is -0.136. The molecule has 0 bridgehead atoms. The molecule has 8 heteroatoms. The molecule has 2 aromatic rings. The SMILES string of the molecule is Cc1ccc(C2CCN(C(=O)Nc3c(N4CCN(C(C)C)CC4)cccc3C(F)(F)F)CC2)cc1. The number of likely N-dealkylation sites (tertiary alicyclic amines) is 1. The smallest absolute Gasteiger partial charge is 0.367 e. The second kappa shape index (κ2) is 10.5. The molecular weight excluding hydrogens is 453 g/mol. The molecule has 2 fully saturated rings. The van der Waals surface area contributed by atoms with Crippen molar-refractivity contribution in [1.29, 1.82) is 0 Å². The summed E-state index contributed by atoms with van der Waals surface area (Å²) in [5.41, 5.74) is 1.95. The van der Waals surface area contributed by atoms with Gasteiger partial charge in [0, 0.05) is 45.3 Å². The van der Waals surface area contributed by atoms with Crippen molar-refractivity contribution in [2.75, 3.05) is 49.5 Å². The number of urea groups is 1. The van der Waals surface area contributed by atoms with Crippen LogP contribution in [-0.4, -0.2) is 61.1 Å². The van der Waals surface area contributed by atoms with E-state index in [1.165, 1.54) is 17.2 Å². The number of anilines is 2. The number of para-hydroxylation sites is 1. The first-order chi connectivity index (χ1) is 16.6. The normalized spacial score (nSPS) is 18.3. The van der Waals surface area contributed by atoms with Crippen molar-refractivity contribution in [2.45, 2.75) is 51.7 Å². The second-order valence-electron chi connectivity index (χ2n) is 9.92. The molecule has 2 aromatic carbocycles. The number of alkyl halides is 3. The zero-order chi connectivity index (χ0) is 25.2. The largest absolute Gasteiger partial charge is 0.418 e. The van der Waals surface area contributed by atoms with Gasteiger partial charge in [0.05, 0.1) is 16.9 Å². The fraction of sp³-hybridized carbons (Fsp3) is 0.519. The summed E-state index contributed by atoms with van der Waals surface area (Å²) in [7, 11) is 0. The number of benzene rings is 2. The number of rotatable bonds is 4. The van der Waals surface area contributed by atoms with Gasteiger partial charge in [-0.2, -0.15) is 13.2 Å². The monoisotopic (exact) mass is 488 g/mol. The van der Waals surface area contributed by atoms with Gasteiger partial charge in [0.1, 0.15) is 0 Å². The lowest BCUT2D eigenvalue weighted by Crippen LogP contribution is -2.49. The van der Waals surface area contributed by atoms with Gasteiger partial charge in [0.15, 0.2) is 0 Å². The van der Waals surface area contributed by atoms with Gasteiger partial charge < -0.3 is 15.1 Å². The van der Waals surface area contributed by atoms with Gasteiger partial charge >= 0.3 is 12.2 Å². The molecule has 0 atom stereocenters. The number of nitrogens with one attached hydrogen (secondary N) is 1. The third-order valence-electron chi connectivity index (χ3n) is 7.30. The molecule has 2 heterocycles. The molecule has 0 aliphatic carbocycles. The molecule has 0 unspecified atom stereocenters. The molecule has 190 valence electrons. The summed E-state index contributed by atoms with van der Waals surface area (Å²) < 4.78 is 41.8. The molecule has 0 saturated carbocycles. The zero-order valence-electron chi connectivity index (χ0n) is 20.7. The zero-order valence-corrected chi connectivity index (χ0v) is 20.7. The van der Waals surface area contributed by atoms with E-state index in [0.29, 0.717) is 43.8 Å². The van der Waals surface area contributed by atoms with Crippen molar-refractivity contribution < 1.29 is 18.0 Å². The molecule has 0 aromatic heterocycles. The van der Waals surface area contributed by atoms with E-state index in [1.54, 1.807) is 11.0 Å². The van der Waals surface area contributed by atoms with Crippen LogP contribution in [0.25, 0.3) is 0 Å². The predicted molar refractivity (Wildman–Crippen MR) is 134 cm³/mol. The lowest BCUT2D eigenvalue weighted by Gasteiger charge is -2.39. The summed E-state index contributed by atoms with van der Waals surface area (Å²) in [6.45, 7) is 10.1. The van der Waals surface area contributed by atoms with Gasteiger partial charge in [-0.25, -0.2) is 4.79 Å². The summed E-state index contributed by atoms with van der Waals surface area (Å²) in [5, 5.41) is 2.66. The molecule has 0 spiro atoms. The number of amides is 2. The van der Waals surface area contributed by atoms with Crippen molar-refractivity contribution in [3.05, 3.63) is 59.2 Å². The van der Waals surface area contributed by atoms with E-state index in [1.807, 2.05) is 11.8 Å². The first kappa shape index (κ1) is 25.4. The van der Waals surface area contributed by atoms with Gasteiger partial charge in [0.2, 0.25) is 0 Å². The number of hydrogen-bond acceptors (Lipinski definition) is 3. The van der Waals surface area contributed by atoms with Crippen LogP contribution in [0.15, 0.2) is 42.5 Å². The summed E-state index contributed by atoms with van der Waals surface area (Å²) in [6, 6.07) is 12.5. The van der Waals surface area contributed by atoms with Crippen LogP contribution in [0.4, 0.5) is 29.3 Å². The number of halogens is 3. The van der Waals surface area contributed by atoms with Crippen LogP contribution in [0.1, 0.15) is 49.3 Å². The molecule has 35 heavy (non-hydrogen) atoms. The average molecular weight is 489 g/mol. The number of nitrogens with zero attached hydrogens (tertiary/aromatic N) is 3. The number of piperidine rings is 1. The van der Waals surface area contributed by atoms with E-state index in [4.69, 9.17) is 0 Å². The van der Waals surface area contributed by atoms with Gasteiger partial charge in [0.25, 0.3) is 0 Å². The summed E-state index contributed by atoms with van der Waals surface area (Å²) in [5.74, 6) is 0.356. The molecule has 0 radical (unpaired) electrons. The fourth-order valence-corrected chi connectivity index (χ4v) is 5.09. The Morgan fingerprint density at radius 1 is 0.943 bits per heavy atom. The maximum atomic E-state index is 13.9. The molecule has 5 nitrogen and oxygen atoms in total. The Labute approximate surface area is 205 Å². The van der Waals surface area contributed by atoms with Crippen molar-refractivity contribution in [3.8, 4) is 0 Å². The number of aryl methyl sites for hydroxylation is 1. The Morgan fingerprint density at radius 3 is 2.14 bits per heavy atom. The van der Waals surface area contributed by atoms with Crippen molar-refractivity contribution in [1.82, 2.24) is 9.80 Å². The van der Waals surface area contributed by atoms with Gasteiger partial charge in [-0.05, 0) is 57.2 Å². The van der Waals surface area contributed by atoms with Crippen molar-refractivity contribution in [2.24, 2.45) is 0 Å². The highest BCUT2D eigenvalue weighted by molar-refractivity contribution is 5.95. The van der Waals surface area contributed by atoms with Gasteiger partial charge in [-0.1, -0.05) is 35.9 Å². The van der Waals surface area contributed by atoms with Gasteiger partial charge in [-0.15, -0.1) is 0 Å². The molecule has 4 rings (SSSR count). The van der Waals surface area contributed by atoms with E-state index in [9.17, 15) is 18.0 Å². The second-order valence-corrected chi connectivity index (χ2v) is 9.92. The van der Waals surface area contributed by atoms with Gasteiger partial charge in [-0.3, -0.25) is 4.90 Å². The molecular formula is C27H35F3N4O. The third kappa shape index (κ3) is 5.92. The molecule has 1 N–H and O–H groups in total. The van der Waals surface area contributed by atoms with E-state index in [2.05, 4.69) is 48.3 Å². The first-order valence-corrected chi connectivity index (χ1v) is 12.4. The predicted octanol–water partition coefficient (Wildman–Crippen LogP) is 5.96. The van der Waals surface area contributed by atoms with Crippen molar-refractivity contribution >= 4 is 17.4 Å². The molecule has 2 aliphatic heterocycles. The number of carbonyl (C=O) groups excluding carboxylic acids is 1. The van der Waals surface area contributed by atoms with Crippen LogP contribution in [0.3, 0.4) is 0 Å². The van der Waals surface area contributed by atoms with Crippen LogP contribution in [0.5, 0.6) is 0 Å². The topological polar surface area (TPSA) is 38.8 Å².